The van der Waals surface area contributed by atoms with E-state index in [4.69, 9.17) is 5.73 Å². The molecule has 0 aromatic carbocycles. The van der Waals surface area contributed by atoms with Crippen LogP contribution in [0.3, 0.4) is 0 Å². The lowest BCUT2D eigenvalue weighted by molar-refractivity contribution is 0.0629. The van der Waals surface area contributed by atoms with Gasteiger partial charge in [0.1, 0.15) is 9.71 Å². The van der Waals surface area contributed by atoms with Crippen molar-refractivity contribution < 1.29 is 4.79 Å². The van der Waals surface area contributed by atoms with E-state index in [1.807, 2.05) is 17.0 Å². The molecule has 0 bridgehead atoms. The lowest BCUT2D eigenvalue weighted by Gasteiger charge is -2.34. The number of pyridine rings is 1. The van der Waals surface area contributed by atoms with Gasteiger partial charge in [0.2, 0.25) is 0 Å². The molecule has 0 spiro atoms. The highest BCUT2D eigenvalue weighted by Crippen LogP contribution is 2.34. The molecule has 1 fully saturated rings. The van der Waals surface area contributed by atoms with Gasteiger partial charge in [0.15, 0.2) is 0 Å². The number of anilines is 1. The number of thiophene rings is 1. The van der Waals surface area contributed by atoms with Gasteiger partial charge in [0.25, 0.3) is 5.91 Å². The summed E-state index contributed by atoms with van der Waals surface area (Å²) in [5.41, 5.74) is 6.72. The zero-order chi connectivity index (χ0) is 14.3. The molecule has 1 aliphatic rings. The summed E-state index contributed by atoms with van der Waals surface area (Å²) in [5.74, 6) is 1.16. The molecule has 4 nitrogen and oxygen atoms in total. The van der Waals surface area contributed by atoms with Crippen molar-refractivity contribution in [2.24, 2.45) is 11.8 Å². The summed E-state index contributed by atoms with van der Waals surface area (Å²) in [7, 11) is 0. The average Bonchev–Trinajstić information content (AvgIpc) is 2.75. The van der Waals surface area contributed by atoms with Crippen molar-refractivity contribution in [2.75, 3.05) is 18.8 Å². The predicted octanol–water partition coefficient (Wildman–Crippen LogP) is 3.00. The van der Waals surface area contributed by atoms with Gasteiger partial charge < -0.3 is 10.6 Å². The van der Waals surface area contributed by atoms with Crippen LogP contribution in [0.25, 0.3) is 10.2 Å². The van der Waals surface area contributed by atoms with E-state index < -0.39 is 0 Å². The van der Waals surface area contributed by atoms with Gasteiger partial charge in [-0.25, -0.2) is 4.98 Å². The summed E-state index contributed by atoms with van der Waals surface area (Å²) < 4.78 is 0. The van der Waals surface area contributed by atoms with Crippen molar-refractivity contribution in [3.63, 3.8) is 0 Å². The maximum Gasteiger partial charge on any atom is 0.266 e. The number of nitrogens with zero attached hydrogens (tertiary/aromatic N) is 2. The number of carbonyl (C=O) groups excluding carboxylic acids is 1. The van der Waals surface area contributed by atoms with E-state index >= 15 is 0 Å². The number of nitrogens with two attached hydrogens (primary N) is 1. The van der Waals surface area contributed by atoms with Crippen LogP contribution in [0.2, 0.25) is 0 Å². The molecule has 5 heteroatoms. The first-order valence-corrected chi connectivity index (χ1v) is 7.80. The normalized spacial score (nSPS) is 23.2. The Bertz CT molecular complexity index is 642. The second kappa shape index (κ2) is 5.05. The van der Waals surface area contributed by atoms with Gasteiger partial charge in [-0.2, -0.15) is 0 Å². The van der Waals surface area contributed by atoms with Gasteiger partial charge in [-0.3, -0.25) is 4.79 Å². The Morgan fingerprint density at radius 3 is 2.75 bits per heavy atom. The molecule has 0 aliphatic carbocycles. The van der Waals surface area contributed by atoms with Crippen LogP contribution in [0.4, 0.5) is 5.69 Å². The smallest absolute Gasteiger partial charge is 0.266 e. The number of hydrogen-bond acceptors (Lipinski definition) is 4. The fourth-order valence-electron chi connectivity index (χ4n) is 3.08. The van der Waals surface area contributed by atoms with Crippen LogP contribution in [-0.2, 0) is 0 Å². The Hall–Kier alpha value is -1.62. The van der Waals surface area contributed by atoms with Gasteiger partial charge in [0.05, 0.1) is 5.69 Å². The first-order chi connectivity index (χ1) is 9.56. The Labute approximate surface area is 122 Å². The largest absolute Gasteiger partial charge is 0.397 e. The van der Waals surface area contributed by atoms with E-state index in [1.54, 1.807) is 6.20 Å². The Morgan fingerprint density at radius 1 is 1.40 bits per heavy atom. The second-order valence-corrected chi connectivity index (χ2v) is 6.86. The third-order valence-corrected chi connectivity index (χ3v) is 4.97. The molecule has 0 radical (unpaired) electrons. The van der Waals surface area contributed by atoms with Crippen molar-refractivity contribution in [1.29, 1.82) is 0 Å². The summed E-state index contributed by atoms with van der Waals surface area (Å²) >= 11 is 1.40. The molecule has 106 valence electrons. The molecular weight excluding hydrogens is 270 g/mol. The number of rotatable bonds is 1. The van der Waals surface area contributed by atoms with Crippen molar-refractivity contribution in [3.8, 4) is 0 Å². The van der Waals surface area contributed by atoms with Crippen LogP contribution in [0.5, 0.6) is 0 Å². The number of fused-ring (bicyclic) bond motifs is 1. The van der Waals surface area contributed by atoms with Crippen LogP contribution >= 0.6 is 11.3 Å². The average molecular weight is 289 g/mol. The van der Waals surface area contributed by atoms with Crippen LogP contribution in [0.15, 0.2) is 18.3 Å². The summed E-state index contributed by atoms with van der Waals surface area (Å²) in [5, 5.41) is 0.888. The number of aromatic nitrogens is 1. The quantitative estimate of drug-likeness (QED) is 0.878. The number of hydrogen-bond donors (Lipinski definition) is 1. The Morgan fingerprint density at radius 2 is 2.10 bits per heavy atom. The number of nitrogen functional groups attached to an aromatic ring is 1. The third-order valence-electron chi connectivity index (χ3n) is 3.86. The van der Waals surface area contributed by atoms with Crippen LogP contribution in [0.1, 0.15) is 29.9 Å². The molecule has 2 aromatic rings. The molecule has 3 heterocycles. The van der Waals surface area contributed by atoms with E-state index in [9.17, 15) is 4.79 Å². The zero-order valence-corrected chi connectivity index (χ0v) is 12.6. The van der Waals surface area contributed by atoms with E-state index in [0.717, 1.165) is 23.3 Å². The summed E-state index contributed by atoms with van der Waals surface area (Å²) in [6.07, 6.45) is 2.92. The van der Waals surface area contributed by atoms with Gasteiger partial charge >= 0.3 is 0 Å². The molecule has 1 aliphatic heterocycles. The summed E-state index contributed by atoms with van der Waals surface area (Å²) in [6, 6.07) is 3.77. The fraction of sp³-hybridized carbons (Fsp3) is 0.467. The molecule has 3 rings (SSSR count). The van der Waals surface area contributed by atoms with Crippen molar-refractivity contribution in [2.45, 2.75) is 20.3 Å². The van der Waals surface area contributed by atoms with Gasteiger partial charge in [0, 0.05) is 24.7 Å². The molecule has 1 amide bonds. The summed E-state index contributed by atoms with van der Waals surface area (Å²) in [4.78, 5) is 20.4. The molecular formula is C15H19N3OS. The topological polar surface area (TPSA) is 59.2 Å². The molecule has 20 heavy (non-hydrogen) atoms. The standard InChI is InChI=1S/C15H19N3OS/c1-9-6-10(2)8-18(7-9)15(19)13-12(16)11-4-3-5-17-14(11)20-13/h3-5,9-10H,6-8,16H2,1-2H3. The number of carbonyl (C=O) groups is 1. The molecule has 2 unspecified atom stereocenters. The third kappa shape index (κ3) is 2.26. The minimum absolute atomic E-state index is 0.0592. The number of likely N-dealkylation sites (tertiary alicyclic amines) is 1. The van der Waals surface area contributed by atoms with Crippen molar-refractivity contribution in [3.05, 3.63) is 23.2 Å². The number of amides is 1. The second-order valence-electron chi connectivity index (χ2n) is 5.86. The monoisotopic (exact) mass is 289 g/mol. The maximum atomic E-state index is 12.7. The van der Waals surface area contributed by atoms with Crippen molar-refractivity contribution >= 4 is 33.1 Å². The highest BCUT2D eigenvalue weighted by molar-refractivity contribution is 7.21. The van der Waals surface area contributed by atoms with E-state index in [0.29, 0.717) is 22.4 Å². The highest BCUT2D eigenvalue weighted by Gasteiger charge is 2.28. The molecule has 0 saturated carbocycles. The zero-order valence-electron chi connectivity index (χ0n) is 11.8. The molecule has 1 saturated heterocycles. The van der Waals surface area contributed by atoms with E-state index in [-0.39, 0.29) is 5.91 Å². The molecule has 2 atom stereocenters. The predicted molar refractivity (Wildman–Crippen MR) is 82.9 cm³/mol. The van der Waals surface area contributed by atoms with Crippen LogP contribution < -0.4 is 5.73 Å². The number of piperidine rings is 1. The summed E-state index contributed by atoms with van der Waals surface area (Å²) in [6.45, 7) is 6.05. The lowest BCUT2D eigenvalue weighted by atomic mass is 9.92. The maximum absolute atomic E-state index is 12.7. The van der Waals surface area contributed by atoms with Gasteiger partial charge in [-0.05, 0) is 30.4 Å². The van der Waals surface area contributed by atoms with Crippen LogP contribution in [0, 0.1) is 11.8 Å². The lowest BCUT2D eigenvalue weighted by Crippen LogP contribution is -2.42. The molecule has 2 N–H and O–H groups in total. The van der Waals surface area contributed by atoms with Gasteiger partial charge in [-0.1, -0.05) is 13.8 Å². The van der Waals surface area contributed by atoms with Crippen molar-refractivity contribution in [1.82, 2.24) is 9.88 Å². The Kier molecular flexibility index (Phi) is 3.38. The molecule has 2 aromatic heterocycles. The minimum Gasteiger partial charge on any atom is -0.397 e. The Balaban J connectivity index is 1.94. The first kappa shape index (κ1) is 13.4. The SMILES string of the molecule is CC1CC(C)CN(C(=O)c2sc3ncccc3c2N)C1. The van der Waals surface area contributed by atoms with Crippen LogP contribution in [-0.4, -0.2) is 28.9 Å². The van der Waals surface area contributed by atoms with E-state index in [1.165, 1.54) is 17.8 Å². The van der Waals surface area contributed by atoms with Gasteiger partial charge in [-0.15, -0.1) is 11.3 Å². The van der Waals surface area contributed by atoms with E-state index in [2.05, 4.69) is 18.8 Å². The first-order valence-electron chi connectivity index (χ1n) is 6.98. The minimum atomic E-state index is 0.0592. The highest BCUT2D eigenvalue weighted by atomic mass is 32.1. The fourth-order valence-corrected chi connectivity index (χ4v) is 4.11.